The lowest BCUT2D eigenvalue weighted by Gasteiger charge is -2.38. The number of carbonyl (C=O) groups excluding carboxylic acids is 1. The molecule has 1 aliphatic rings. The fraction of sp³-hybridized carbons (Fsp3) is 0.615. The van der Waals surface area contributed by atoms with E-state index in [2.05, 4.69) is 30.3 Å². The van der Waals surface area contributed by atoms with Gasteiger partial charge in [0.15, 0.2) is 0 Å². The first-order valence-corrected chi connectivity index (χ1v) is 7.05. The van der Waals surface area contributed by atoms with Gasteiger partial charge in [-0.25, -0.2) is 0 Å². The van der Waals surface area contributed by atoms with Crippen LogP contribution in [-0.4, -0.2) is 48.4 Å². The predicted molar refractivity (Wildman–Crippen MR) is 71.3 cm³/mol. The molecule has 0 N–H and O–H groups in total. The predicted octanol–water partition coefficient (Wildman–Crippen LogP) is 1.84. The first-order chi connectivity index (χ1) is 8.16. The van der Waals surface area contributed by atoms with E-state index < -0.39 is 0 Å². The summed E-state index contributed by atoms with van der Waals surface area (Å²) in [5, 5.41) is 2.07. The number of hydrogen-bond donors (Lipinski definition) is 0. The normalized spacial score (nSPS) is 21.8. The summed E-state index contributed by atoms with van der Waals surface area (Å²) in [4.78, 5) is 17.7. The van der Waals surface area contributed by atoms with Crippen molar-refractivity contribution in [1.82, 2.24) is 9.80 Å². The molecule has 17 heavy (non-hydrogen) atoms. The maximum Gasteiger partial charge on any atom is 0.223 e. The molecule has 1 amide bonds. The van der Waals surface area contributed by atoms with Gasteiger partial charge in [-0.2, -0.15) is 0 Å². The zero-order chi connectivity index (χ0) is 12.3. The van der Waals surface area contributed by atoms with Gasteiger partial charge in [-0.15, -0.1) is 11.3 Å². The molecule has 0 spiro atoms. The minimum absolute atomic E-state index is 0.305. The molecule has 0 aromatic carbocycles. The summed E-state index contributed by atoms with van der Waals surface area (Å²) in [5.74, 6) is 0.305. The lowest BCUT2D eigenvalue weighted by atomic mass is 10.1. The van der Waals surface area contributed by atoms with Crippen molar-refractivity contribution < 1.29 is 4.79 Å². The Labute approximate surface area is 107 Å². The molecule has 1 aromatic heterocycles. The molecule has 1 fully saturated rings. The zero-order valence-corrected chi connectivity index (χ0v) is 11.4. The van der Waals surface area contributed by atoms with Crippen LogP contribution >= 0.6 is 11.3 Å². The highest BCUT2D eigenvalue weighted by molar-refractivity contribution is 7.09. The summed E-state index contributed by atoms with van der Waals surface area (Å²) < 4.78 is 0. The van der Waals surface area contributed by atoms with Crippen LogP contribution in [0.4, 0.5) is 0 Å². The van der Waals surface area contributed by atoms with Gasteiger partial charge in [-0.3, -0.25) is 4.79 Å². The number of thiophene rings is 1. The van der Waals surface area contributed by atoms with Gasteiger partial charge in [0.2, 0.25) is 5.91 Å². The van der Waals surface area contributed by atoms with Crippen molar-refractivity contribution in [3.05, 3.63) is 22.4 Å². The smallest absolute Gasteiger partial charge is 0.223 e. The number of piperazine rings is 1. The van der Waals surface area contributed by atoms with Gasteiger partial charge in [0.05, 0.1) is 0 Å². The first kappa shape index (κ1) is 12.6. The van der Waals surface area contributed by atoms with E-state index in [9.17, 15) is 4.79 Å². The van der Waals surface area contributed by atoms with E-state index >= 15 is 0 Å². The lowest BCUT2D eigenvalue weighted by Crippen LogP contribution is -2.52. The molecule has 1 atom stereocenters. The third-order valence-corrected chi connectivity index (χ3v) is 4.25. The van der Waals surface area contributed by atoms with E-state index in [1.165, 1.54) is 4.88 Å². The Hall–Kier alpha value is -0.870. The summed E-state index contributed by atoms with van der Waals surface area (Å²) in [5.41, 5.74) is 0. The van der Waals surface area contributed by atoms with Crippen LogP contribution < -0.4 is 0 Å². The van der Waals surface area contributed by atoms with Crippen LogP contribution in [0.2, 0.25) is 0 Å². The molecule has 0 bridgehead atoms. The SMILES string of the molecule is CC1CN(C)CCN1C(=O)CCc1cccs1. The fourth-order valence-corrected chi connectivity index (χ4v) is 3.05. The minimum Gasteiger partial charge on any atom is -0.337 e. The van der Waals surface area contributed by atoms with Gasteiger partial charge >= 0.3 is 0 Å². The Morgan fingerprint density at radius 1 is 1.53 bits per heavy atom. The minimum atomic E-state index is 0.305. The number of likely N-dealkylation sites (N-methyl/N-ethyl adjacent to an activating group) is 1. The number of hydrogen-bond acceptors (Lipinski definition) is 3. The van der Waals surface area contributed by atoms with Gasteiger partial charge in [0.1, 0.15) is 0 Å². The van der Waals surface area contributed by atoms with Crippen molar-refractivity contribution in [2.45, 2.75) is 25.8 Å². The first-order valence-electron chi connectivity index (χ1n) is 6.17. The van der Waals surface area contributed by atoms with Crippen LogP contribution in [0.3, 0.4) is 0 Å². The standard InChI is InChI=1S/C13H20N2OS/c1-11-10-14(2)7-8-15(11)13(16)6-5-12-4-3-9-17-12/h3-4,9,11H,5-8,10H2,1-2H3. The third-order valence-electron chi connectivity index (χ3n) is 3.32. The second-order valence-corrected chi connectivity index (χ2v) is 5.81. The average Bonchev–Trinajstić information content (AvgIpc) is 2.78. The highest BCUT2D eigenvalue weighted by Crippen LogP contribution is 2.14. The largest absolute Gasteiger partial charge is 0.337 e. The molecule has 0 radical (unpaired) electrons. The Kier molecular flexibility index (Phi) is 4.18. The summed E-state index contributed by atoms with van der Waals surface area (Å²) >= 11 is 1.73. The quantitative estimate of drug-likeness (QED) is 0.819. The lowest BCUT2D eigenvalue weighted by molar-refractivity contribution is -0.135. The molecular formula is C13H20N2OS. The second kappa shape index (κ2) is 5.65. The Morgan fingerprint density at radius 2 is 2.35 bits per heavy atom. The van der Waals surface area contributed by atoms with Crippen LogP contribution in [0.15, 0.2) is 17.5 Å². The third kappa shape index (κ3) is 3.30. The molecular weight excluding hydrogens is 232 g/mol. The summed E-state index contributed by atoms with van der Waals surface area (Å²) in [6, 6.07) is 4.50. The van der Waals surface area contributed by atoms with Gasteiger partial charge < -0.3 is 9.80 Å². The highest BCUT2D eigenvalue weighted by Gasteiger charge is 2.25. The molecule has 0 saturated carbocycles. The monoisotopic (exact) mass is 252 g/mol. The summed E-state index contributed by atoms with van der Waals surface area (Å²) in [7, 11) is 2.12. The van der Waals surface area contributed by atoms with Gasteiger partial charge in [-0.05, 0) is 31.8 Å². The number of rotatable bonds is 3. The van der Waals surface area contributed by atoms with Gasteiger partial charge in [0, 0.05) is 37.0 Å². The van der Waals surface area contributed by atoms with Crippen LogP contribution in [0.25, 0.3) is 0 Å². The van der Waals surface area contributed by atoms with Crippen molar-refractivity contribution >= 4 is 17.2 Å². The molecule has 1 aliphatic heterocycles. The van der Waals surface area contributed by atoms with E-state index in [1.54, 1.807) is 11.3 Å². The zero-order valence-electron chi connectivity index (χ0n) is 10.6. The van der Waals surface area contributed by atoms with Crippen LogP contribution in [0, 0.1) is 0 Å². The molecule has 94 valence electrons. The molecule has 1 saturated heterocycles. The topological polar surface area (TPSA) is 23.6 Å². The molecule has 0 aliphatic carbocycles. The van der Waals surface area contributed by atoms with Crippen LogP contribution in [0.1, 0.15) is 18.2 Å². The number of aryl methyl sites for hydroxylation is 1. The summed E-state index contributed by atoms with van der Waals surface area (Å²) in [6.07, 6.45) is 1.53. The van der Waals surface area contributed by atoms with Crippen LogP contribution in [-0.2, 0) is 11.2 Å². The Bertz CT molecular complexity index is 364. The van der Waals surface area contributed by atoms with E-state index in [4.69, 9.17) is 0 Å². The van der Waals surface area contributed by atoms with Crippen LogP contribution in [0.5, 0.6) is 0 Å². The van der Waals surface area contributed by atoms with E-state index in [1.807, 2.05) is 11.0 Å². The van der Waals surface area contributed by atoms with Gasteiger partial charge in [-0.1, -0.05) is 6.07 Å². The molecule has 2 rings (SSSR count). The van der Waals surface area contributed by atoms with Crippen molar-refractivity contribution in [3.63, 3.8) is 0 Å². The highest BCUT2D eigenvalue weighted by atomic mass is 32.1. The van der Waals surface area contributed by atoms with Gasteiger partial charge in [0.25, 0.3) is 0 Å². The Balaban J connectivity index is 1.83. The molecule has 3 nitrogen and oxygen atoms in total. The maximum absolute atomic E-state index is 12.1. The van der Waals surface area contributed by atoms with Crippen molar-refractivity contribution in [2.24, 2.45) is 0 Å². The summed E-state index contributed by atoms with van der Waals surface area (Å²) in [6.45, 7) is 5.00. The van der Waals surface area contributed by atoms with Crippen molar-refractivity contribution in [3.8, 4) is 0 Å². The molecule has 1 unspecified atom stereocenters. The van der Waals surface area contributed by atoms with E-state index in [0.29, 0.717) is 18.4 Å². The fourth-order valence-electron chi connectivity index (χ4n) is 2.34. The second-order valence-electron chi connectivity index (χ2n) is 4.78. The Morgan fingerprint density at radius 3 is 3.00 bits per heavy atom. The number of amides is 1. The van der Waals surface area contributed by atoms with Crippen molar-refractivity contribution in [1.29, 1.82) is 0 Å². The van der Waals surface area contributed by atoms with E-state index in [-0.39, 0.29) is 0 Å². The number of carbonyl (C=O) groups is 1. The average molecular weight is 252 g/mol. The van der Waals surface area contributed by atoms with E-state index in [0.717, 1.165) is 26.1 Å². The molecule has 2 heterocycles. The maximum atomic E-state index is 12.1. The molecule has 4 heteroatoms. The molecule has 1 aromatic rings. The van der Waals surface area contributed by atoms with Crippen molar-refractivity contribution in [2.75, 3.05) is 26.7 Å². The number of nitrogens with zero attached hydrogens (tertiary/aromatic N) is 2.